The minimum Gasteiger partial charge on any atom is -0.497 e. The highest BCUT2D eigenvalue weighted by Crippen LogP contribution is 2.26. The van der Waals surface area contributed by atoms with Gasteiger partial charge in [0.1, 0.15) is 16.2 Å². The maximum Gasteiger partial charge on any atom is 0.140 e. The molecule has 0 radical (unpaired) electrons. The summed E-state index contributed by atoms with van der Waals surface area (Å²) in [5.74, 6) is 1.69. The van der Waals surface area contributed by atoms with E-state index in [0.717, 1.165) is 27.4 Å². The Labute approximate surface area is 114 Å². The highest BCUT2D eigenvalue weighted by molar-refractivity contribution is 9.10. The van der Waals surface area contributed by atoms with Crippen LogP contribution in [0.5, 0.6) is 5.75 Å². The molecule has 96 valence electrons. The monoisotopic (exact) mass is 310 g/mol. The van der Waals surface area contributed by atoms with Crippen molar-refractivity contribution in [2.45, 2.75) is 6.42 Å². The van der Waals surface area contributed by atoms with Gasteiger partial charge in [-0.1, -0.05) is 0 Å². The number of halogens is 1. The average Bonchev–Trinajstić information content (AvgIpc) is 2.68. The van der Waals surface area contributed by atoms with E-state index in [1.165, 1.54) is 0 Å². The molecule has 0 fully saturated rings. The zero-order valence-electron chi connectivity index (χ0n) is 10.4. The van der Waals surface area contributed by atoms with Gasteiger partial charge in [0.15, 0.2) is 0 Å². The van der Waals surface area contributed by atoms with Gasteiger partial charge in [0.05, 0.1) is 12.8 Å². The van der Waals surface area contributed by atoms with Gasteiger partial charge in [0.2, 0.25) is 0 Å². The number of hydrogen-bond acceptors (Lipinski definition) is 3. The van der Waals surface area contributed by atoms with Gasteiger partial charge in [0.25, 0.3) is 0 Å². The molecule has 5 heteroatoms. The van der Waals surface area contributed by atoms with Gasteiger partial charge in [-0.2, -0.15) is 0 Å². The lowest BCUT2D eigenvalue weighted by Gasteiger charge is -2.04. The Bertz CT molecular complexity index is 535. The first kappa shape index (κ1) is 13.1. The minimum absolute atomic E-state index is 0.0949. The highest BCUT2D eigenvalue weighted by atomic mass is 79.9. The van der Waals surface area contributed by atoms with Gasteiger partial charge in [-0.05, 0) is 40.2 Å². The predicted molar refractivity (Wildman–Crippen MR) is 73.7 cm³/mol. The molecule has 0 aliphatic carbocycles. The van der Waals surface area contributed by atoms with Crippen molar-refractivity contribution in [2.75, 3.05) is 13.7 Å². The Morgan fingerprint density at radius 3 is 2.56 bits per heavy atom. The number of methoxy groups -OCH3 is 1. The number of hydrogen-bond donors (Lipinski definition) is 1. The molecule has 18 heavy (non-hydrogen) atoms. The topological polar surface area (TPSA) is 47.3 Å². The van der Waals surface area contributed by atoms with Crippen molar-refractivity contribution >= 4 is 15.9 Å². The molecule has 2 aromatic rings. The summed E-state index contributed by atoms with van der Waals surface area (Å²) >= 11 is 3.49. The van der Waals surface area contributed by atoms with E-state index in [1.807, 2.05) is 35.9 Å². The molecule has 4 nitrogen and oxygen atoms in total. The number of aliphatic hydroxyl groups is 1. The number of imidazole rings is 1. The van der Waals surface area contributed by atoms with Crippen LogP contribution < -0.4 is 4.74 Å². The van der Waals surface area contributed by atoms with Gasteiger partial charge in [-0.3, -0.25) is 0 Å². The van der Waals surface area contributed by atoms with E-state index in [0.29, 0.717) is 6.42 Å². The third-order valence-corrected chi connectivity index (χ3v) is 3.78. The Hall–Kier alpha value is -1.33. The first-order valence-corrected chi connectivity index (χ1v) is 6.43. The fourth-order valence-corrected chi connectivity index (χ4v) is 2.25. The molecule has 0 unspecified atom stereocenters. The van der Waals surface area contributed by atoms with Crippen molar-refractivity contribution in [1.82, 2.24) is 9.55 Å². The third kappa shape index (κ3) is 2.42. The summed E-state index contributed by atoms with van der Waals surface area (Å²) < 4.78 is 8.00. The van der Waals surface area contributed by atoms with Crippen LogP contribution in [0.15, 0.2) is 28.9 Å². The summed E-state index contributed by atoms with van der Waals surface area (Å²) in [5, 5.41) is 9.00. The zero-order chi connectivity index (χ0) is 13.1. The molecule has 0 saturated carbocycles. The van der Waals surface area contributed by atoms with E-state index in [-0.39, 0.29) is 6.61 Å². The van der Waals surface area contributed by atoms with Crippen molar-refractivity contribution in [3.63, 3.8) is 0 Å². The van der Waals surface area contributed by atoms with E-state index >= 15 is 0 Å². The highest BCUT2D eigenvalue weighted by Gasteiger charge is 2.13. The first-order valence-electron chi connectivity index (χ1n) is 5.63. The molecule has 0 amide bonds. The molecule has 1 aromatic heterocycles. The van der Waals surface area contributed by atoms with Crippen molar-refractivity contribution in [1.29, 1.82) is 0 Å². The van der Waals surface area contributed by atoms with Gasteiger partial charge in [-0.25, -0.2) is 4.98 Å². The summed E-state index contributed by atoms with van der Waals surface area (Å²) in [4.78, 5) is 4.54. The van der Waals surface area contributed by atoms with E-state index < -0.39 is 0 Å². The summed E-state index contributed by atoms with van der Waals surface area (Å²) in [6.45, 7) is 0.0949. The summed E-state index contributed by atoms with van der Waals surface area (Å²) in [6, 6.07) is 7.75. The van der Waals surface area contributed by atoms with Crippen LogP contribution in [0.2, 0.25) is 0 Å². The smallest absolute Gasteiger partial charge is 0.140 e. The van der Waals surface area contributed by atoms with Gasteiger partial charge in [0, 0.05) is 25.6 Å². The van der Waals surface area contributed by atoms with Gasteiger partial charge >= 0.3 is 0 Å². The van der Waals surface area contributed by atoms with Crippen LogP contribution in [-0.4, -0.2) is 28.4 Å². The number of aliphatic hydroxyl groups excluding tert-OH is 1. The summed E-state index contributed by atoms with van der Waals surface area (Å²) in [5.41, 5.74) is 1.88. The lowest BCUT2D eigenvalue weighted by atomic mass is 10.2. The second kappa shape index (κ2) is 5.54. The van der Waals surface area contributed by atoms with Crippen LogP contribution in [0.1, 0.15) is 5.69 Å². The van der Waals surface area contributed by atoms with E-state index in [1.54, 1.807) is 7.11 Å². The number of nitrogens with zero attached hydrogens (tertiary/aromatic N) is 2. The number of aromatic nitrogens is 2. The SMILES string of the molecule is COc1ccc(-c2nc(CCO)c(Br)n2C)cc1. The molecule has 1 N–H and O–H groups in total. The van der Waals surface area contributed by atoms with Gasteiger partial charge < -0.3 is 14.4 Å². The van der Waals surface area contributed by atoms with Crippen molar-refractivity contribution in [3.05, 3.63) is 34.6 Å². The van der Waals surface area contributed by atoms with E-state index in [9.17, 15) is 0 Å². The Balaban J connectivity index is 2.40. The molecular formula is C13H15BrN2O2. The van der Waals surface area contributed by atoms with Crippen LogP contribution in [-0.2, 0) is 13.5 Å². The lowest BCUT2D eigenvalue weighted by molar-refractivity contribution is 0.298. The molecule has 0 atom stereocenters. The number of ether oxygens (including phenoxy) is 1. The predicted octanol–water partition coefficient (Wildman–Crippen LogP) is 2.39. The van der Waals surface area contributed by atoms with E-state index in [2.05, 4.69) is 20.9 Å². The normalized spacial score (nSPS) is 10.7. The molecule has 2 rings (SSSR count). The molecule has 1 heterocycles. The Morgan fingerprint density at radius 2 is 2.00 bits per heavy atom. The van der Waals surface area contributed by atoms with Gasteiger partial charge in [-0.15, -0.1) is 0 Å². The molecule has 1 aromatic carbocycles. The second-order valence-corrected chi connectivity index (χ2v) is 4.69. The fraction of sp³-hybridized carbons (Fsp3) is 0.308. The van der Waals surface area contributed by atoms with Crippen LogP contribution >= 0.6 is 15.9 Å². The van der Waals surface area contributed by atoms with E-state index in [4.69, 9.17) is 9.84 Å². The maximum absolute atomic E-state index is 9.00. The van der Waals surface area contributed by atoms with Crippen LogP contribution in [0.3, 0.4) is 0 Å². The van der Waals surface area contributed by atoms with Crippen LogP contribution in [0.25, 0.3) is 11.4 Å². The summed E-state index contributed by atoms with van der Waals surface area (Å²) in [6.07, 6.45) is 0.546. The number of benzene rings is 1. The van der Waals surface area contributed by atoms with Crippen molar-refractivity contribution in [3.8, 4) is 17.1 Å². The fourth-order valence-electron chi connectivity index (χ4n) is 1.80. The maximum atomic E-state index is 9.00. The standard InChI is InChI=1S/C13H15BrN2O2/c1-16-12(14)11(7-8-17)15-13(16)9-3-5-10(18-2)6-4-9/h3-6,17H,7-8H2,1-2H3. The Morgan fingerprint density at radius 1 is 1.33 bits per heavy atom. The molecule has 0 spiro atoms. The van der Waals surface area contributed by atoms with Crippen molar-refractivity contribution < 1.29 is 9.84 Å². The van der Waals surface area contributed by atoms with Crippen LogP contribution in [0.4, 0.5) is 0 Å². The first-order chi connectivity index (χ1) is 8.67. The largest absolute Gasteiger partial charge is 0.497 e. The quantitative estimate of drug-likeness (QED) is 0.943. The second-order valence-electron chi connectivity index (χ2n) is 3.93. The molecule has 0 aliphatic heterocycles. The minimum atomic E-state index is 0.0949. The third-order valence-electron chi connectivity index (χ3n) is 2.79. The molecule has 0 saturated heterocycles. The molecular weight excluding hydrogens is 296 g/mol. The average molecular weight is 311 g/mol. The molecule has 0 bridgehead atoms. The Kier molecular flexibility index (Phi) is 4.04. The van der Waals surface area contributed by atoms with Crippen molar-refractivity contribution in [2.24, 2.45) is 7.05 Å². The summed E-state index contributed by atoms with van der Waals surface area (Å²) in [7, 11) is 3.59. The zero-order valence-corrected chi connectivity index (χ0v) is 11.9. The lowest BCUT2D eigenvalue weighted by Crippen LogP contribution is -1.93. The number of rotatable bonds is 4. The molecule has 0 aliphatic rings. The van der Waals surface area contributed by atoms with Crippen LogP contribution in [0, 0.1) is 0 Å².